The van der Waals surface area contributed by atoms with Gasteiger partial charge in [0, 0.05) is 108 Å². The number of nitrogens with two attached hydrogens (primary N) is 1. The summed E-state index contributed by atoms with van der Waals surface area (Å²) < 4.78 is 11.4. The molecule has 1 aromatic heterocycles. The van der Waals surface area contributed by atoms with Gasteiger partial charge in [0.25, 0.3) is 17.7 Å². The zero-order chi connectivity index (χ0) is 43.8. The van der Waals surface area contributed by atoms with Crippen LogP contribution in [0, 0.1) is 5.92 Å². The first-order chi connectivity index (χ1) is 30.6. The van der Waals surface area contributed by atoms with Crippen molar-refractivity contribution in [3.63, 3.8) is 0 Å². The lowest BCUT2D eigenvalue weighted by Gasteiger charge is -2.47. The summed E-state index contributed by atoms with van der Waals surface area (Å²) in [6.07, 6.45) is 4.67. The van der Waals surface area contributed by atoms with E-state index in [9.17, 15) is 24.0 Å². The lowest BCUT2D eigenvalue weighted by Crippen LogP contribution is -2.57. The van der Waals surface area contributed by atoms with Gasteiger partial charge in [-0.05, 0) is 62.8 Å². The molecule has 18 nitrogen and oxygen atoms in total. The minimum absolute atomic E-state index is 0.0926. The molecular formula is C45H57N11O7. The van der Waals surface area contributed by atoms with Crippen molar-refractivity contribution in [2.24, 2.45) is 11.7 Å². The second-order valence-corrected chi connectivity index (χ2v) is 17.4. The first kappa shape index (κ1) is 42.5. The molecule has 1 unspecified atom stereocenters. The SMILES string of the molecule is CCc1nc(C(N)=O)c(Nc2ccc(N3CCC(N4CCN(CC5CN(c6cccc7c6C(=O)N(C6CCC(=O)NC6=O)C7=O)C5)CC4)CC3)c(OC)c2)nc1NC1CCOCC1. The smallest absolute Gasteiger partial charge is 0.271 e. The van der Waals surface area contributed by atoms with Crippen molar-refractivity contribution >= 4 is 58.2 Å². The maximum atomic E-state index is 13.6. The van der Waals surface area contributed by atoms with Crippen LogP contribution in [0.15, 0.2) is 36.4 Å². The van der Waals surface area contributed by atoms with Gasteiger partial charge in [0.05, 0.1) is 35.3 Å². The number of imide groups is 2. The number of carbonyl (C=O) groups excluding carboxylic acids is 5. The van der Waals surface area contributed by atoms with Crippen LogP contribution in [0.4, 0.5) is 28.7 Å². The van der Waals surface area contributed by atoms with Crippen molar-refractivity contribution in [3.05, 3.63) is 58.9 Å². The van der Waals surface area contributed by atoms with Gasteiger partial charge in [0.1, 0.15) is 11.8 Å². The lowest BCUT2D eigenvalue weighted by molar-refractivity contribution is -0.136. The summed E-state index contributed by atoms with van der Waals surface area (Å²) in [5.41, 5.74) is 9.71. The van der Waals surface area contributed by atoms with E-state index in [0.29, 0.717) is 65.7 Å². The van der Waals surface area contributed by atoms with E-state index < -0.39 is 29.7 Å². The minimum atomic E-state index is -0.977. The minimum Gasteiger partial charge on any atom is -0.495 e. The molecule has 1 atom stereocenters. The van der Waals surface area contributed by atoms with E-state index in [-0.39, 0.29) is 30.5 Å². The number of nitrogens with one attached hydrogen (secondary N) is 3. The molecule has 5 amide bonds. The molecule has 6 aliphatic heterocycles. The Bertz CT molecular complexity index is 2260. The van der Waals surface area contributed by atoms with E-state index in [1.165, 1.54) is 0 Å². The van der Waals surface area contributed by atoms with Gasteiger partial charge in [0.15, 0.2) is 17.3 Å². The van der Waals surface area contributed by atoms with Gasteiger partial charge in [0.2, 0.25) is 11.8 Å². The number of aromatic nitrogens is 2. The van der Waals surface area contributed by atoms with Crippen LogP contribution in [0.1, 0.15) is 82.3 Å². The van der Waals surface area contributed by atoms with E-state index in [2.05, 4.69) is 46.6 Å². The number of fused-ring (bicyclic) bond motifs is 1. The van der Waals surface area contributed by atoms with Crippen molar-refractivity contribution in [3.8, 4) is 5.75 Å². The van der Waals surface area contributed by atoms with Crippen LogP contribution in [0.2, 0.25) is 0 Å². The highest BCUT2D eigenvalue weighted by Gasteiger charge is 2.47. The molecule has 0 saturated carbocycles. The van der Waals surface area contributed by atoms with Crippen LogP contribution in [-0.4, -0.2) is 152 Å². The van der Waals surface area contributed by atoms with Crippen LogP contribution in [-0.2, 0) is 20.7 Å². The Labute approximate surface area is 366 Å². The van der Waals surface area contributed by atoms with Gasteiger partial charge in [-0.25, -0.2) is 9.97 Å². The second-order valence-electron chi connectivity index (χ2n) is 17.4. The molecule has 18 heteroatoms. The Morgan fingerprint density at radius 1 is 0.889 bits per heavy atom. The molecule has 7 heterocycles. The third-order valence-corrected chi connectivity index (χ3v) is 13.5. The van der Waals surface area contributed by atoms with Gasteiger partial charge in [-0.3, -0.25) is 39.1 Å². The molecule has 5 N–H and O–H groups in total. The molecule has 0 radical (unpaired) electrons. The number of methoxy groups -OCH3 is 1. The fraction of sp³-hybridized carbons (Fsp3) is 0.533. The quantitative estimate of drug-likeness (QED) is 0.182. The monoisotopic (exact) mass is 863 g/mol. The Morgan fingerprint density at radius 2 is 1.65 bits per heavy atom. The molecule has 5 fully saturated rings. The largest absolute Gasteiger partial charge is 0.495 e. The predicted molar refractivity (Wildman–Crippen MR) is 236 cm³/mol. The van der Waals surface area contributed by atoms with Crippen LogP contribution in [0.5, 0.6) is 5.75 Å². The third-order valence-electron chi connectivity index (χ3n) is 13.5. The number of piperidine rings is 2. The average molecular weight is 864 g/mol. The van der Waals surface area contributed by atoms with Crippen molar-refractivity contribution in [1.29, 1.82) is 0 Å². The van der Waals surface area contributed by atoms with Crippen LogP contribution < -0.4 is 36.2 Å². The van der Waals surface area contributed by atoms with Gasteiger partial charge in [-0.15, -0.1) is 0 Å². The van der Waals surface area contributed by atoms with Gasteiger partial charge >= 0.3 is 0 Å². The van der Waals surface area contributed by atoms with Gasteiger partial charge in [-0.1, -0.05) is 13.0 Å². The normalized spacial score (nSPS) is 21.9. The molecular weight excluding hydrogens is 807 g/mol. The Morgan fingerprint density at radius 3 is 2.35 bits per heavy atom. The Balaban J connectivity index is 0.754. The second kappa shape index (κ2) is 18.1. The number of hydrogen-bond donors (Lipinski definition) is 4. The Hall–Kier alpha value is -5.85. The number of rotatable bonds is 13. The molecule has 0 aliphatic carbocycles. The van der Waals surface area contributed by atoms with Crippen LogP contribution >= 0.6 is 0 Å². The standard InChI is InChI=1S/C45H57N11O7/c1-3-32-41(47-28-13-21-63-22-14-28)51-42(39(49-32)40(46)58)48-29-7-8-33(36(23-29)62-2)54-15-11-30(12-16-54)53-19-17-52(18-20-53)24-27-25-55(26-27)34-6-4-5-31-38(34)45(61)56(44(31)60)35-9-10-37(57)50-43(35)59/h4-8,23,27-28,30,35H,3,9-22,24-26H2,1-2H3,(H2,46,58)(H2,47,48,51)(H,50,57,59). The molecule has 0 spiro atoms. The van der Waals surface area contributed by atoms with Crippen LogP contribution in [0.3, 0.4) is 0 Å². The van der Waals surface area contributed by atoms with Crippen molar-refractivity contribution in [2.45, 2.75) is 70.0 Å². The molecule has 9 rings (SSSR count). The molecule has 334 valence electrons. The van der Waals surface area contributed by atoms with Crippen LogP contribution in [0.25, 0.3) is 0 Å². The first-order valence-corrected chi connectivity index (χ1v) is 22.4. The van der Waals surface area contributed by atoms with Gasteiger partial charge in [-0.2, -0.15) is 0 Å². The summed E-state index contributed by atoms with van der Waals surface area (Å²) in [5, 5.41) is 9.09. The fourth-order valence-corrected chi connectivity index (χ4v) is 10.1. The summed E-state index contributed by atoms with van der Waals surface area (Å²) in [4.78, 5) is 83.9. The molecule has 2 aromatic carbocycles. The molecule has 6 aliphatic rings. The highest BCUT2D eigenvalue weighted by molar-refractivity contribution is 6.25. The average Bonchev–Trinajstić information content (AvgIpc) is 3.54. The number of primary amides is 1. The number of anilines is 5. The molecule has 3 aromatic rings. The topological polar surface area (TPSA) is 208 Å². The highest BCUT2D eigenvalue weighted by atomic mass is 16.5. The number of amides is 5. The van der Waals surface area contributed by atoms with E-state index in [4.69, 9.17) is 20.2 Å². The Kier molecular flexibility index (Phi) is 12.2. The zero-order valence-corrected chi connectivity index (χ0v) is 36.1. The van der Waals surface area contributed by atoms with E-state index in [1.807, 2.05) is 25.1 Å². The maximum Gasteiger partial charge on any atom is 0.271 e. The van der Waals surface area contributed by atoms with Crippen molar-refractivity contribution in [1.82, 2.24) is 30.0 Å². The summed E-state index contributed by atoms with van der Waals surface area (Å²) in [6.45, 7) is 11.8. The number of aryl methyl sites for hydroxylation is 1. The number of ether oxygens (including phenoxy) is 2. The third kappa shape index (κ3) is 8.63. The summed E-state index contributed by atoms with van der Waals surface area (Å²) >= 11 is 0. The lowest BCUT2D eigenvalue weighted by atomic mass is 9.95. The van der Waals surface area contributed by atoms with E-state index in [0.717, 1.165) is 107 Å². The highest BCUT2D eigenvalue weighted by Crippen LogP contribution is 2.38. The number of carbonyl (C=O) groups is 5. The number of benzene rings is 2. The predicted octanol–water partition coefficient (Wildman–Crippen LogP) is 2.61. The first-order valence-electron chi connectivity index (χ1n) is 22.4. The zero-order valence-electron chi connectivity index (χ0n) is 36.1. The van der Waals surface area contributed by atoms with Crippen molar-refractivity contribution < 1.29 is 33.4 Å². The number of piperazine rings is 1. The number of hydrogen-bond acceptors (Lipinski definition) is 15. The summed E-state index contributed by atoms with van der Waals surface area (Å²) in [7, 11) is 1.67. The summed E-state index contributed by atoms with van der Waals surface area (Å²) in [5.74, 6) is -0.461. The maximum absolute atomic E-state index is 13.6. The van der Waals surface area contributed by atoms with E-state index >= 15 is 0 Å². The fourth-order valence-electron chi connectivity index (χ4n) is 10.1. The molecule has 63 heavy (non-hydrogen) atoms. The van der Waals surface area contributed by atoms with E-state index in [1.54, 1.807) is 19.2 Å². The van der Waals surface area contributed by atoms with Gasteiger partial charge < -0.3 is 40.5 Å². The van der Waals surface area contributed by atoms with Crippen molar-refractivity contribution in [2.75, 3.05) is 99.7 Å². The number of nitrogens with zero attached hydrogens (tertiary/aromatic N) is 7. The summed E-state index contributed by atoms with van der Waals surface area (Å²) in [6, 6.07) is 11.0. The molecule has 0 bridgehead atoms. The molecule has 5 saturated heterocycles.